The highest BCUT2D eigenvalue weighted by Crippen LogP contribution is 2.21. The van der Waals surface area contributed by atoms with E-state index in [9.17, 15) is 13.2 Å². The van der Waals surface area contributed by atoms with Gasteiger partial charge in [-0.1, -0.05) is 60.7 Å². The summed E-state index contributed by atoms with van der Waals surface area (Å²) in [6.07, 6.45) is 0. The molecule has 3 aromatic rings. The van der Waals surface area contributed by atoms with Crippen LogP contribution in [0.3, 0.4) is 0 Å². The highest BCUT2D eigenvalue weighted by Gasteiger charge is 2.21. The average Bonchev–Trinajstić information content (AvgIpc) is 2.80. The van der Waals surface area contributed by atoms with Crippen molar-refractivity contribution in [2.75, 3.05) is 16.6 Å². The lowest BCUT2D eigenvalue weighted by atomic mass is 10.1. The van der Waals surface area contributed by atoms with Crippen LogP contribution in [-0.4, -0.2) is 31.5 Å². The van der Waals surface area contributed by atoms with Crippen LogP contribution >= 0.6 is 0 Å². The number of hydrogen-bond acceptors (Lipinski definition) is 3. The zero-order valence-electron chi connectivity index (χ0n) is 17.9. The molecule has 162 valence electrons. The van der Waals surface area contributed by atoms with Gasteiger partial charge in [-0.05, 0) is 49.2 Å². The van der Waals surface area contributed by atoms with E-state index in [4.69, 9.17) is 0 Å². The van der Waals surface area contributed by atoms with Gasteiger partial charge in [0.25, 0.3) is 5.91 Å². The maximum atomic E-state index is 13.4. The highest BCUT2D eigenvalue weighted by atomic mass is 32.2. The van der Waals surface area contributed by atoms with Crippen LogP contribution < -0.4 is 4.31 Å². The van der Waals surface area contributed by atoms with Crippen molar-refractivity contribution in [1.29, 1.82) is 0 Å². The van der Waals surface area contributed by atoms with Gasteiger partial charge in [0.1, 0.15) is 0 Å². The lowest BCUT2D eigenvalue weighted by Crippen LogP contribution is -2.32. The van der Waals surface area contributed by atoms with Gasteiger partial charge in [0.2, 0.25) is 10.0 Å². The third-order valence-corrected chi connectivity index (χ3v) is 6.98. The number of hydrogen-bond donors (Lipinski definition) is 0. The number of sulfonamides is 1. The van der Waals surface area contributed by atoms with Gasteiger partial charge >= 0.3 is 0 Å². The van der Waals surface area contributed by atoms with Crippen molar-refractivity contribution in [1.82, 2.24) is 4.90 Å². The summed E-state index contributed by atoms with van der Waals surface area (Å²) in [7, 11) is -3.36. The third-order valence-electron chi connectivity index (χ3n) is 5.11. The Morgan fingerprint density at radius 1 is 0.742 bits per heavy atom. The number of nitrogens with zero attached hydrogens (tertiary/aromatic N) is 2. The van der Waals surface area contributed by atoms with E-state index >= 15 is 0 Å². The van der Waals surface area contributed by atoms with Gasteiger partial charge < -0.3 is 4.90 Å². The number of amides is 1. The molecule has 31 heavy (non-hydrogen) atoms. The van der Waals surface area contributed by atoms with E-state index in [0.29, 0.717) is 30.9 Å². The zero-order valence-corrected chi connectivity index (χ0v) is 18.8. The van der Waals surface area contributed by atoms with Crippen molar-refractivity contribution in [3.05, 3.63) is 102 Å². The molecule has 0 saturated carbocycles. The van der Waals surface area contributed by atoms with Crippen LogP contribution in [0, 0.1) is 0 Å². The number of benzene rings is 3. The fraction of sp³-hybridized carbons (Fsp3) is 0.240. The van der Waals surface area contributed by atoms with Crippen LogP contribution in [0.5, 0.6) is 0 Å². The van der Waals surface area contributed by atoms with Gasteiger partial charge in [0.15, 0.2) is 0 Å². The first kappa shape index (κ1) is 22.6. The Morgan fingerprint density at radius 2 is 1.23 bits per heavy atom. The molecule has 0 saturated heterocycles. The average molecular weight is 437 g/mol. The molecule has 0 fully saturated rings. The lowest BCUT2D eigenvalue weighted by Gasteiger charge is -2.25. The molecule has 0 aliphatic heterocycles. The first-order valence-corrected chi connectivity index (χ1v) is 12.0. The van der Waals surface area contributed by atoms with E-state index in [1.54, 1.807) is 43.0 Å². The summed E-state index contributed by atoms with van der Waals surface area (Å²) in [4.78, 5) is 15.2. The predicted octanol–water partition coefficient (Wildman–Crippen LogP) is 4.71. The summed E-state index contributed by atoms with van der Waals surface area (Å²) in [5.41, 5.74) is 3.20. The Morgan fingerprint density at radius 3 is 1.65 bits per heavy atom. The summed E-state index contributed by atoms with van der Waals surface area (Å²) in [6, 6.07) is 26.6. The van der Waals surface area contributed by atoms with Gasteiger partial charge in [-0.2, -0.15) is 0 Å². The van der Waals surface area contributed by atoms with Gasteiger partial charge in [-0.25, -0.2) is 8.42 Å². The van der Waals surface area contributed by atoms with Crippen molar-refractivity contribution >= 4 is 21.6 Å². The molecule has 0 aliphatic rings. The second kappa shape index (κ2) is 10.3. The maximum Gasteiger partial charge on any atom is 0.254 e. The van der Waals surface area contributed by atoms with Gasteiger partial charge in [-0.15, -0.1) is 0 Å². The number of carbonyl (C=O) groups is 1. The molecule has 1 amide bonds. The molecule has 0 unspecified atom stereocenters. The summed E-state index contributed by atoms with van der Waals surface area (Å²) < 4.78 is 26.0. The first-order chi connectivity index (χ1) is 14.9. The lowest BCUT2D eigenvalue weighted by molar-refractivity contribution is 0.0730. The first-order valence-electron chi connectivity index (χ1n) is 10.4. The molecule has 0 aromatic heterocycles. The number of carbonyl (C=O) groups excluding carboxylic acids is 1. The van der Waals surface area contributed by atoms with Crippen molar-refractivity contribution in [3.8, 4) is 0 Å². The molecule has 5 nitrogen and oxygen atoms in total. The Balaban J connectivity index is 1.86. The largest absolute Gasteiger partial charge is 0.330 e. The molecule has 0 bridgehead atoms. The molecule has 0 atom stereocenters. The summed E-state index contributed by atoms with van der Waals surface area (Å²) in [6.45, 7) is 4.75. The van der Waals surface area contributed by atoms with Gasteiger partial charge in [-0.3, -0.25) is 9.10 Å². The minimum Gasteiger partial charge on any atom is -0.330 e. The third kappa shape index (κ3) is 5.73. The second-order valence-corrected chi connectivity index (χ2v) is 9.43. The van der Waals surface area contributed by atoms with E-state index in [-0.39, 0.29) is 11.7 Å². The summed E-state index contributed by atoms with van der Waals surface area (Å²) >= 11 is 0. The van der Waals surface area contributed by atoms with E-state index in [1.807, 2.05) is 60.7 Å². The smallest absolute Gasteiger partial charge is 0.254 e. The molecular formula is C25H28N2O3S. The van der Waals surface area contributed by atoms with Crippen LogP contribution in [0.2, 0.25) is 0 Å². The Kier molecular flexibility index (Phi) is 7.47. The summed E-state index contributed by atoms with van der Waals surface area (Å²) in [5, 5.41) is 0. The van der Waals surface area contributed by atoms with Crippen molar-refractivity contribution in [3.63, 3.8) is 0 Å². The monoisotopic (exact) mass is 436 g/mol. The second-order valence-electron chi connectivity index (χ2n) is 7.24. The minimum absolute atomic E-state index is 0.0312. The standard InChI is InChI=1S/C25H28N2O3S/c1-3-27(31(29,30)4-2)24-17-15-23(16-18-24)25(28)26(19-21-11-7-5-8-12-21)20-22-13-9-6-10-14-22/h5-18H,3-4,19-20H2,1-2H3. The number of rotatable bonds is 9. The summed E-state index contributed by atoms with van der Waals surface area (Å²) in [5.74, 6) is -0.0654. The fourth-order valence-electron chi connectivity index (χ4n) is 3.46. The van der Waals surface area contributed by atoms with E-state index in [0.717, 1.165) is 11.1 Å². The molecule has 3 aromatic carbocycles. The Bertz CT molecular complexity index is 1040. The highest BCUT2D eigenvalue weighted by molar-refractivity contribution is 7.92. The fourth-order valence-corrected chi connectivity index (χ4v) is 4.60. The number of anilines is 1. The van der Waals surface area contributed by atoms with Crippen LogP contribution in [0.15, 0.2) is 84.9 Å². The topological polar surface area (TPSA) is 57.7 Å². The quantitative estimate of drug-likeness (QED) is 0.488. The van der Waals surface area contributed by atoms with E-state index < -0.39 is 10.0 Å². The molecule has 0 radical (unpaired) electrons. The molecule has 3 rings (SSSR count). The molecular weight excluding hydrogens is 408 g/mol. The Labute approximate surface area is 185 Å². The van der Waals surface area contributed by atoms with Crippen LogP contribution in [0.1, 0.15) is 35.3 Å². The van der Waals surface area contributed by atoms with Gasteiger partial charge in [0.05, 0.1) is 11.4 Å². The normalized spacial score (nSPS) is 11.2. The minimum atomic E-state index is -3.36. The van der Waals surface area contributed by atoms with Crippen LogP contribution in [-0.2, 0) is 23.1 Å². The SMILES string of the molecule is CCN(c1ccc(C(=O)N(Cc2ccccc2)Cc2ccccc2)cc1)S(=O)(=O)CC. The van der Waals surface area contributed by atoms with Gasteiger partial charge in [0, 0.05) is 25.2 Å². The van der Waals surface area contributed by atoms with Crippen LogP contribution in [0.25, 0.3) is 0 Å². The van der Waals surface area contributed by atoms with E-state index in [1.165, 1.54) is 4.31 Å². The molecule has 0 spiro atoms. The van der Waals surface area contributed by atoms with Crippen molar-refractivity contribution in [2.45, 2.75) is 26.9 Å². The molecule has 6 heteroatoms. The zero-order chi connectivity index (χ0) is 22.3. The molecule has 0 aliphatic carbocycles. The molecule has 0 N–H and O–H groups in total. The Hall–Kier alpha value is -3.12. The van der Waals surface area contributed by atoms with E-state index in [2.05, 4.69) is 0 Å². The van der Waals surface area contributed by atoms with Crippen molar-refractivity contribution in [2.24, 2.45) is 0 Å². The molecule has 0 heterocycles. The maximum absolute atomic E-state index is 13.4. The van der Waals surface area contributed by atoms with Crippen LogP contribution in [0.4, 0.5) is 5.69 Å². The predicted molar refractivity (Wildman–Crippen MR) is 125 cm³/mol. The van der Waals surface area contributed by atoms with Crippen molar-refractivity contribution < 1.29 is 13.2 Å².